The van der Waals surface area contributed by atoms with Crippen LogP contribution in [-0.2, 0) is 0 Å². The molecule has 148 valence electrons. The number of carbonyl (C=O) groups is 2. The number of hydrogen-bond donors (Lipinski definition) is 1. The topological polar surface area (TPSA) is 58.6 Å². The van der Waals surface area contributed by atoms with E-state index in [1.165, 1.54) is 0 Å². The number of nitrogens with zero attached hydrogens (tertiary/aromatic N) is 1. The number of amides is 2. The van der Waals surface area contributed by atoms with Gasteiger partial charge in [-0.2, -0.15) is 0 Å². The standard InChI is InChI=1S/C23H28N2O3/c1-17(2)13-16-28-21-12-6-4-10-19(21)22(26)24-20-11-5-3-9-18(20)23(27)25-14-7-8-15-25/h3-6,9-12,17H,7-8,13-16H2,1-2H3,(H,24,26). The summed E-state index contributed by atoms with van der Waals surface area (Å²) in [4.78, 5) is 27.6. The second-order valence-corrected chi connectivity index (χ2v) is 7.53. The molecule has 5 nitrogen and oxygen atoms in total. The summed E-state index contributed by atoms with van der Waals surface area (Å²) in [6.45, 7) is 6.37. The van der Waals surface area contributed by atoms with Gasteiger partial charge in [-0.15, -0.1) is 0 Å². The van der Waals surface area contributed by atoms with Crippen LogP contribution in [0.3, 0.4) is 0 Å². The van der Waals surface area contributed by atoms with Crippen LogP contribution in [0, 0.1) is 5.92 Å². The molecule has 0 radical (unpaired) electrons. The maximum absolute atomic E-state index is 12.9. The van der Waals surface area contributed by atoms with Crippen molar-refractivity contribution in [2.75, 3.05) is 25.0 Å². The van der Waals surface area contributed by atoms with E-state index in [0.717, 1.165) is 32.4 Å². The fraction of sp³-hybridized carbons (Fsp3) is 0.391. The van der Waals surface area contributed by atoms with Crippen LogP contribution in [0.4, 0.5) is 5.69 Å². The normalized spacial score (nSPS) is 13.6. The van der Waals surface area contributed by atoms with Crippen molar-refractivity contribution in [1.82, 2.24) is 4.90 Å². The first kappa shape index (κ1) is 19.9. The fourth-order valence-corrected chi connectivity index (χ4v) is 3.24. The number of rotatable bonds is 7. The van der Waals surface area contributed by atoms with Gasteiger partial charge in [0.1, 0.15) is 5.75 Å². The Morgan fingerprint density at radius 3 is 2.36 bits per heavy atom. The predicted octanol–water partition coefficient (Wildman–Crippen LogP) is 4.60. The van der Waals surface area contributed by atoms with Crippen molar-refractivity contribution < 1.29 is 14.3 Å². The quantitative estimate of drug-likeness (QED) is 0.764. The highest BCUT2D eigenvalue weighted by molar-refractivity contribution is 6.10. The highest BCUT2D eigenvalue weighted by atomic mass is 16.5. The first-order valence-electron chi connectivity index (χ1n) is 9.97. The summed E-state index contributed by atoms with van der Waals surface area (Å²) in [6.07, 6.45) is 2.98. The smallest absolute Gasteiger partial charge is 0.259 e. The highest BCUT2D eigenvalue weighted by Gasteiger charge is 2.23. The minimum absolute atomic E-state index is 0.0325. The van der Waals surface area contributed by atoms with Gasteiger partial charge in [-0.3, -0.25) is 9.59 Å². The summed E-state index contributed by atoms with van der Waals surface area (Å²) in [6, 6.07) is 14.4. The average Bonchev–Trinajstić information content (AvgIpc) is 3.23. The number of nitrogens with one attached hydrogen (secondary N) is 1. The molecule has 0 unspecified atom stereocenters. The van der Waals surface area contributed by atoms with Gasteiger partial charge >= 0.3 is 0 Å². The van der Waals surface area contributed by atoms with Crippen LogP contribution >= 0.6 is 0 Å². The monoisotopic (exact) mass is 380 g/mol. The molecule has 1 heterocycles. The van der Waals surface area contributed by atoms with E-state index in [2.05, 4.69) is 19.2 Å². The average molecular weight is 380 g/mol. The molecule has 1 saturated heterocycles. The molecule has 28 heavy (non-hydrogen) atoms. The van der Waals surface area contributed by atoms with Crippen molar-refractivity contribution in [2.45, 2.75) is 33.1 Å². The Bertz CT molecular complexity index is 826. The number of ether oxygens (including phenoxy) is 1. The predicted molar refractivity (Wildman–Crippen MR) is 111 cm³/mol. The number of benzene rings is 2. The Labute approximate surface area is 166 Å². The molecule has 0 atom stereocenters. The first-order chi connectivity index (χ1) is 13.6. The van der Waals surface area contributed by atoms with Crippen LogP contribution < -0.4 is 10.1 Å². The van der Waals surface area contributed by atoms with Gasteiger partial charge in [-0.05, 0) is 49.4 Å². The maximum Gasteiger partial charge on any atom is 0.259 e. The van der Waals surface area contributed by atoms with Crippen LogP contribution in [0.1, 0.15) is 53.8 Å². The van der Waals surface area contributed by atoms with E-state index in [0.29, 0.717) is 35.1 Å². The van der Waals surface area contributed by atoms with Gasteiger partial charge in [0.05, 0.1) is 23.4 Å². The Kier molecular flexibility index (Phi) is 6.69. The van der Waals surface area contributed by atoms with Crippen molar-refractivity contribution in [2.24, 2.45) is 5.92 Å². The van der Waals surface area contributed by atoms with Gasteiger partial charge < -0.3 is 15.0 Å². The van der Waals surface area contributed by atoms with Crippen LogP contribution in [-0.4, -0.2) is 36.4 Å². The van der Waals surface area contributed by atoms with Crippen LogP contribution in [0.5, 0.6) is 5.75 Å². The van der Waals surface area contributed by atoms with E-state index in [9.17, 15) is 9.59 Å². The second-order valence-electron chi connectivity index (χ2n) is 7.53. The molecular weight excluding hydrogens is 352 g/mol. The molecule has 0 spiro atoms. The van der Waals surface area contributed by atoms with Crippen molar-refractivity contribution in [1.29, 1.82) is 0 Å². The Morgan fingerprint density at radius 1 is 1.00 bits per heavy atom. The van der Waals surface area contributed by atoms with Gasteiger partial charge in [0.15, 0.2) is 0 Å². The van der Waals surface area contributed by atoms with Gasteiger partial charge in [0.2, 0.25) is 0 Å². The Balaban J connectivity index is 1.76. The van der Waals surface area contributed by atoms with E-state index < -0.39 is 0 Å². The van der Waals surface area contributed by atoms with Gasteiger partial charge in [-0.25, -0.2) is 0 Å². The third-order valence-electron chi connectivity index (χ3n) is 4.88. The Hall–Kier alpha value is -2.82. The summed E-state index contributed by atoms with van der Waals surface area (Å²) in [5, 5.41) is 2.90. The van der Waals surface area contributed by atoms with Gasteiger partial charge in [0, 0.05) is 13.1 Å². The number of anilines is 1. The minimum Gasteiger partial charge on any atom is -0.493 e. The molecule has 2 aromatic rings. The third-order valence-corrected chi connectivity index (χ3v) is 4.88. The number of likely N-dealkylation sites (tertiary alicyclic amines) is 1. The molecule has 1 aliphatic rings. The zero-order valence-electron chi connectivity index (χ0n) is 16.6. The minimum atomic E-state index is -0.276. The van der Waals surface area contributed by atoms with Gasteiger partial charge in [-0.1, -0.05) is 38.1 Å². The van der Waals surface area contributed by atoms with E-state index >= 15 is 0 Å². The zero-order valence-corrected chi connectivity index (χ0v) is 16.6. The first-order valence-corrected chi connectivity index (χ1v) is 9.97. The molecule has 1 N–H and O–H groups in total. The van der Waals surface area contributed by atoms with E-state index in [1.807, 2.05) is 29.2 Å². The summed E-state index contributed by atoms with van der Waals surface area (Å²) < 4.78 is 5.83. The largest absolute Gasteiger partial charge is 0.493 e. The van der Waals surface area contributed by atoms with Crippen molar-refractivity contribution in [3.63, 3.8) is 0 Å². The molecule has 3 rings (SSSR count). The molecular formula is C23H28N2O3. The maximum atomic E-state index is 12.9. The molecule has 5 heteroatoms. The molecule has 0 aliphatic carbocycles. The lowest BCUT2D eigenvalue weighted by Crippen LogP contribution is -2.28. The highest BCUT2D eigenvalue weighted by Crippen LogP contribution is 2.24. The molecule has 0 bridgehead atoms. The number of carbonyl (C=O) groups excluding carboxylic acids is 2. The summed E-state index contributed by atoms with van der Waals surface area (Å²) in [5.74, 6) is 0.783. The molecule has 1 aliphatic heterocycles. The lowest BCUT2D eigenvalue weighted by atomic mass is 10.1. The molecule has 1 fully saturated rings. The van der Waals surface area contributed by atoms with Crippen LogP contribution in [0.15, 0.2) is 48.5 Å². The SMILES string of the molecule is CC(C)CCOc1ccccc1C(=O)Nc1ccccc1C(=O)N1CCCC1. The summed E-state index contributed by atoms with van der Waals surface area (Å²) in [5.41, 5.74) is 1.52. The molecule has 0 aromatic heterocycles. The summed E-state index contributed by atoms with van der Waals surface area (Å²) in [7, 11) is 0. The van der Waals surface area contributed by atoms with Crippen molar-refractivity contribution in [3.05, 3.63) is 59.7 Å². The lowest BCUT2D eigenvalue weighted by molar-refractivity contribution is 0.0794. The molecule has 0 saturated carbocycles. The van der Waals surface area contributed by atoms with Crippen molar-refractivity contribution in [3.8, 4) is 5.75 Å². The van der Waals surface area contributed by atoms with Crippen molar-refractivity contribution >= 4 is 17.5 Å². The van der Waals surface area contributed by atoms with Crippen LogP contribution in [0.2, 0.25) is 0 Å². The fourth-order valence-electron chi connectivity index (χ4n) is 3.24. The molecule has 2 amide bonds. The second kappa shape index (κ2) is 9.40. The third kappa shape index (κ3) is 4.91. The summed E-state index contributed by atoms with van der Waals surface area (Å²) >= 11 is 0. The van der Waals surface area contributed by atoms with E-state index in [1.54, 1.807) is 24.3 Å². The molecule has 2 aromatic carbocycles. The van der Waals surface area contributed by atoms with E-state index in [-0.39, 0.29) is 11.8 Å². The lowest BCUT2D eigenvalue weighted by Gasteiger charge is -2.18. The Morgan fingerprint density at radius 2 is 1.64 bits per heavy atom. The number of para-hydroxylation sites is 2. The van der Waals surface area contributed by atoms with E-state index in [4.69, 9.17) is 4.74 Å². The van der Waals surface area contributed by atoms with Gasteiger partial charge in [0.25, 0.3) is 11.8 Å². The zero-order chi connectivity index (χ0) is 19.9. The van der Waals surface area contributed by atoms with Crippen LogP contribution in [0.25, 0.3) is 0 Å². The number of hydrogen-bond acceptors (Lipinski definition) is 3.